The van der Waals surface area contributed by atoms with Gasteiger partial charge in [0.2, 0.25) is 0 Å². The summed E-state index contributed by atoms with van der Waals surface area (Å²) in [6.07, 6.45) is 3.16. The third-order valence-corrected chi connectivity index (χ3v) is 4.49. The summed E-state index contributed by atoms with van der Waals surface area (Å²) in [6.45, 7) is 0. The number of nitrogens with zero attached hydrogens (tertiary/aromatic N) is 3. The molecule has 0 spiro atoms. The molecule has 0 unspecified atom stereocenters. The number of carbonyl (C=O) groups excluding carboxylic acids is 1. The minimum atomic E-state index is -0.329. The van der Waals surface area contributed by atoms with Gasteiger partial charge in [0.25, 0.3) is 5.91 Å². The molecule has 3 aromatic heterocycles. The van der Waals surface area contributed by atoms with Gasteiger partial charge in [-0.2, -0.15) is 5.10 Å². The third-order valence-electron chi connectivity index (χ3n) is 4.49. The Bertz CT molecular complexity index is 1380. The first-order chi connectivity index (χ1) is 13.7. The quantitative estimate of drug-likeness (QED) is 0.454. The number of nitrogens with one attached hydrogen (secondary N) is 3. The van der Waals surface area contributed by atoms with Crippen LogP contribution in [-0.2, 0) is 0 Å². The molecule has 0 fully saturated rings. The van der Waals surface area contributed by atoms with Gasteiger partial charge in [-0.15, -0.1) is 0 Å². The van der Waals surface area contributed by atoms with Crippen LogP contribution >= 0.6 is 0 Å². The zero-order valence-corrected chi connectivity index (χ0v) is 14.5. The Labute approximate surface area is 157 Å². The van der Waals surface area contributed by atoms with Crippen LogP contribution < -0.4 is 11.0 Å². The first-order valence-electron chi connectivity index (χ1n) is 8.60. The van der Waals surface area contributed by atoms with E-state index in [-0.39, 0.29) is 11.6 Å². The summed E-state index contributed by atoms with van der Waals surface area (Å²) in [5.74, 6) is -0.329. The van der Waals surface area contributed by atoms with Crippen molar-refractivity contribution in [1.82, 2.24) is 24.6 Å². The van der Waals surface area contributed by atoms with Crippen LogP contribution in [0.25, 0.3) is 27.9 Å². The molecule has 2 aromatic carbocycles. The molecule has 3 N–H and O–H groups in total. The van der Waals surface area contributed by atoms with Gasteiger partial charge in [0.05, 0.1) is 22.9 Å². The van der Waals surface area contributed by atoms with E-state index in [2.05, 4.69) is 25.4 Å². The highest BCUT2D eigenvalue weighted by molar-refractivity contribution is 6.08. The molecule has 5 aromatic rings. The maximum atomic E-state index is 12.8. The van der Waals surface area contributed by atoms with Crippen molar-refractivity contribution in [2.45, 2.75) is 0 Å². The lowest BCUT2D eigenvalue weighted by Gasteiger charge is -2.06. The van der Waals surface area contributed by atoms with Gasteiger partial charge in [0.1, 0.15) is 5.56 Å². The summed E-state index contributed by atoms with van der Waals surface area (Å²) in [7, 11) is 0. The van der Waals surface area contributed by atoms with E-state index < -0.39 is 0 Å². The highest BCUT2D eigenvalue weighted by atomic mass is 16.2. The Morgan fingerprint density at radius 1 is 1.00 bits per heavy atom. The van der Waals surface area contributed by atoms with E-state index in [1.807, 2.05) is 36.4 Å². The first-order valence-corrected chi connectivity index (χ1v) is 8.60. The molecule has 8 nitrogen and oxygen atoms in total. The van der Waals surface area contributed by atoms with Gasteiger partial charge < -0.3 is 15.3 Å². The lowest BCUT2D eigenvalue weighted by atomic mass is 10.1. The Balaban J connectivity index is 1.51. The molecule has 0 atom stereocenters. The van der Waals surface area contributed by atoms with Crippen LogP contribution in [0.15, 0.2) is 71.8 Å². The largest absolute Gasteiger partial charge is 0.323 e. The predicted molar refractivity (Wildman–Crippen MR) is 105 cm³/mol. The van der Waals surface area contributed by atoms with Crippen molar-refractivity contribution >= 4 is 28.3 Å². The maximum absolute atomic E-state index is 12.8. The van der Waals surface area contributed by atoms with Crippen molar-refractivity contribution in [3.63, 3.8) is 0 Å². The molecule has 1 amide bonds. The number of aromatic nitrogens is 5. The van der Waals surface area contributed by atoms with Crippen molar-refractivity contribution < 1.29 is 4.79 Å². The highest BCUT2D eigenvalue weighted by Crippen LogP contribution is 2.21. The Morgan fingerprint density at radius 2 is 1.82 bits per heavy atom. The Morgan fingerprint density at radius 3 is 2.68 bits per heavy atom. The zero-order chi connectivity index (χ0) is 19.1. The summed E-state index contributed by atoms with van der Waals surface area (Å²) in [4.78, 5) is 33.8. The van der Waals surface area contributed by atoms with Gasteiger partial charge in [-0.3, -0.25) is 4.79 Å². The summed E-state index contributed by atoms with van der Waals surface area (Å²) in [6, 6.07) is 16.8. The Kier molecular flexibility index (Phi) is 3.55. The number of hydrogen-bond donors (Lipinski definition) is 3. The molecule has 136 valence electrons. The van der Waals surface area contributed by atoms with E-state index in [4.69, 9.17) is 0 Å². The fourth-order valence-electron chi connectivity index (χ4n) is 3.19. The van der Waals surface area contributed by atoms with Crippen molar-refractivity contribution in [1.29, 1.82) is 0 Å². The molecule has 3 heterocycles. The van der Waals surface area contributed by atoms with Crippen molar-refractivity contribution in [3.05, 3.63) is 83.0 Å². The lowest BCUT2D eigenvalue weighted by molar-refractivity contribution is 0.102. The lowest BCUT2D eigenvalue weighted by Crippen LogP contribution is -2.12. The molecule has 8 heteroatoms. The van der Waals surface area contributed by atoms with Gasteiger partial charge in [0.15, 0.2) is 5.65 Å². The highest BCUT2D eigenvalue weighted by Gasteiger charge is 2.16. The van der Waals surface area contributed by atoms with Gasteiger partial charge in [-0.1, -0.05) is 30.3 Å². The monoisotopic (exact) mass is 370 g/mol. The number of imidazole rings is 1. The van der Waals surface area contributed by atoms with E-state index in [9.17, 15) is 9.59 Å². The maximum Gasteiger partial charge on any atom is 0.323 e. The molecule has 0 radical (unpaired) electrons. The van der Waals surface area contributed by atoms with E-state index in [1.54, 1.807) is 28.9 Å². The fraction of sp³-hybridized carbons (Fsp3) is 0. The molecular formula is C20H14N6O2. The minimum Gasteiger partial charge on any atom is -0.322 e. The summed E-state index contributed by atoms with van der Waals surface area (Å²) < 4.78 is 1.65. The molecule has 28 heavy (non-hydrogen) atoms. The Hall–Kier alpha value is -4.20. The van der Waals surface area contributed by atoms with Crippen LogP contribution in [-0.4, -0.2) is 30.5 Å². The molecule has 0 saturated heterocycles. The fourth-order valence-corrected chi connectivity index (χ4v) is 3.19. The molecule has 0 saturated carbocycles. The zero-order valence-electron chi connectivity index (χ0n) is 14.5. The number of H-pyrrole nitrogens is 2. The molecular weight excluding hydrogens is 356 g/mol. The predicted octanol–water partition coefficient (Wildman–Crippen LogP) is 2.82. The van der Waals surface area contributed by atoms with Gasteiger partial charge in [-0.05, 0) is 24.3 Å². The van der Waals surface area contributed by atoms with Crippen LogP contribution in [0.2, 0.25) is 0 Å². The van der Waals surface area contributed by atoms with Crippen LogP contribution in [0.4, 0.5) is 5.69 Å². The minimum absolute atomic E-state index is 0.293. The number of anilines is 1. The smallest absolute Gasteiger partial charge is 0.322 e. The number of rotatable bonds is 3. The number of amides is 1. The summed E-state index contributed by atoms with van der Waals surface area (Å²) >= 11 is 0. The van der Waals surface area contributed by atoms with E-state index in [0.717, 1.165) is 11.3 Å². The van der Waals surface area contributed by atoms with Crippen LogP contribution in [0.3, 0.4) is 0 Å². The molecule has 0 aliphatic rings. The number of benzene rings is 2. The molecule has 5 rings (SSSR count). The average Bonchev–Trinajstić information content (AvgIpc) is 3.30. The van der Waals surface area contributed by atoms with Crippen molar-refractivity contribution in [3.8, 4) is 11.3 Å². The van der Waals surface area contributed by atoms with E-state index >= 15 is 0 Å². The first kappa shape index (κ1) is 16.0. The van der Waals surface area contributed by atoms with Crippen molar-refractivity contribution in [2.24, 2.45) is 0 Å². The number of carbonyl (C=O) groups is 1. The van der Waals surface area contributed by atoms with E-state index in [1.165, 1.54) is 6.20 Å². The number of hydrogen-bond acceptors (Lipinski definition) is 4. The van der Waals surface area contributed by atoms with E-state index in [0.29, 0.717) is 27.9 Å². The van der Waals surface area contributed by atoms with Crippen LogP contribution in [0.1, 0.15) is 10.4 Å². The van der Waals surface area contributed by atoms with Gasteiger partial charge >= 0.3 is 5.69 Å². The average molecular weight is 370 g/mol. The SMILES string of the molecule is O=C(Nc1ccc2[nH]c(=O)[nH]c2c1)c1cnn2c(-c3ccccc3)ccnc12. The number of aromatic amines is 2. The molecule has 0 bridgehead atoms. The summed E-state index contributed by atoms with van der Waals surface area (Å²) in [5, 5.41) is 7.18. The standard InChI is InChI=1S/C20H14N6O2/c27-19(23-13-6-7-15-16(10-13)25-20(28)24-15)14-11-22-26-17(8-9-21-18(14)26)12-4-2-1-3-5-12/h1-11H,(H,23,27)(H2,24,25,28). The topological polar surface area (TPSA) is 108 Å². The van der Waals surface area contributed by atoms with Crippen LogP contribution in [0, 0.1) is 0 Å². The third kappa shape index (κ3) is 2.64. The molecule has 0 aliphatic carbocycles. The number of fused-ring (bicyclic) bond motifs is 2. The second kappa shape index (κ2) is 6.20. The van der Waals surface area contributed by atoms with Crippen LogP contribution in [0.5, 0.6) is 0 Å². The summed E-state index contributed by atoms with van der Waals surface area (Å²) in [5.41, 5.74) is 4.21. The van der Waals surface area contributed by atoms with Crippen molar-refractivity contribution in [2.75, 3.05) is 5.32 Å². The van der Waals surface area contributed by atoms with Gasteiger partial charge in [0, 0.05) is 17.4 Å². The second-order valence-corrected chi connectivity index (χ2v) is 6.28. The molecule has 0 aliphatic heterocycles. The second-order valence-electron chi connectivity index (χ2n) is 6.28. The normalized spacial score (nSPS) is 11.1. The van der Waals surface area contributed by atoms with Gasteiger partial charge in [-0.25, -0.2) is 14.3 Å².